The summed E-state index contributed by atoms with van der Waals surface area (Å²) in [5, 5.41) is 9.42. The van der Waals surface area contributed by atoms with Crippen molar-refractivity contribution in [2.24, 2.45) is 5.92 Å². The maximum Gasteiger partial charge on any atom is 0.0540 e. The van der Waals surface area contributed by atoms with Gasteiger partial charge in [0.2, 0.25) is 0 Å². The Bertz CT molecular complexity index is 282. The van der Waals surface area contributed by atoms with E-state index in [0.717, 1.165) is 6.42 Å². The SMILES string of the molecule is Cc1cc(C)cc(CC(C)C(C)O)c1. The predicted molar refractivity (Wildman–Crippen MR) is 60.5 cm³/mol. The summed E-state index contributed by atoms with van der Waals surface area (Å²) in [6, 6.07) is 6.58. The van der Waals surface area contributed by atoms with Crippen molar-refractivity contribution >= 4 is 0 Å². The van der Waals surface area contributed by atoms with Crippen LogP contribution in [0.3, 0.4) is 0 Å². The van der Waals surface area contributed by atoms with Crippen LogP contribution in [-0.4, -0.2) is 11.2 Å². The highest BCUT2D eigenvalue weighted by atomic mass is 16.3. The fraction of sp³-hybridized carbons (Fsp3) is 0.538. The van der Waals surface area contributed by atoms with E-state index < -0.39 is 0 Å². The number of hydrogen-bond donors (Lipinski definition) is 1. The topological polar surface area (TPSA) is 20.2 Å². The first-order valence-corrected chi connectivity index (χ1v) is 5.24. The highest BCUT2D eigenvalue weighted by Crippen LogP contribution is 2.15. The molecular formula is C13H20O. The third-order valence-corrected chi connectivity index (χ3v) is 2.66. The van der Waals surface area contributed by atoms with Crippen LogP contribution < -0.4 is 0 Å². The Morgan fingerprint density at radius 1 is 1.07 bits per heavy atom. The van der Waals surface area contributed by atoms with Crippen LogP contribution in [-0.2, 0) is 6.42 Å². The molecule has 0 saturated carbocycles. The highest BCUT2D eigenvalue weighted by molar-refractivity contribution is 5.28. The molecule has 1 aromatic rings. The largest absolute Gasteiger partial charge is 0.393 e. The number of benzene rings is 1. The van der Waals surface area contributed by atoms with E-state index in [-0.39, 0.29) is 6.10 Å². The summed E-state index contributed by atoms with van der Waals surface area (Å²) in [7, 11) is 0. The smallest absolute Gasteiger partial charge is 0.0540 e. The molecule has 0 amide bonds. The van der Waals surface area contributed by atoms with E-state index >= 15 is 0 Å². The van der Waals surface area contributed by atoms with E-state index in [9.17, 15) is 5.11 Å². The molecule has 14 heavy (non-hydrogen) atoms. The van der Waals surface area contributed by atoms with E-state index in [4.69, 9.17) is 0 Å². The van der Waals surface area contributed by atoms with Crippen LogP contribution >= 0.6 is 0 Å². The fourth-order valence-corrected chi connectivity index (χ4v) is 1.73. The number of rotatable bonds is 3. The Labute approximate surface area is 86.8 Å². The predicted octanol–water partition coefficient (Wildman–Crippen LogP) is 2.86. The average Bonchev–Trinajstić information content (AvgIpc) is 2.01. The maximum absolute atomic E-state index is 9.42. The Balaban J connectivity index is 2.76. The first-order chi connectivity index (χ1) is 6.49. The van der Waals surface area contributed by atoms with Crippen LogP contribution in [0, 0.1) is 19.8 Å². The number of hydrogen-bond acceptors (Lipinski definition) is 1. The summed E-state index contributed by atoms with van der Waals surface area (Å²) in [6.07, 6.45) is 0.732. The Morgan fingerprint density at radius 2 is 1.57 bits per heavy atom. The zero-order chi connectivity index (χ0) is 10.7. The Hall–Kier alpha value is -0.820. The number of aliphatic hydroxyl groups is 1. The summed E-state index contributed by atoms with van der Waals surface area (Å²) in [6.45, 7) is 8.17. The molecule has 1 nitrogen and oxygen atoms in total. The van der Waals surface area contributed by atoms with Crippen molar-refractivity contribution in [3.05, 3.63) is 34.9 Å². The lowest BCUT2D eigenvalue weighted by atomic mass is 9.95. The van der Waals surface area contributed by atoms with Crippen molar-refractivity contribution in [2.45, 2.75) is 40.2 Å². The van der Waals surface area contributed by atoms with Crippen LogP contribution in [0.4, 0.5) is 0 Å². The number of aliphatic hydroxyl groups excluding tert-OH is 1. The van der Waals surface area contributed by atoms with E-state index in [1.165, 1.54) is 16.7 Å². The zero-order valence-electron chi connectivity index (χ0n) is 9.54. The molecule has 0 bridgehead atoms. The van der Waals surface area contributed by atoms with Gasteiger partial charge in [0.05, 0.1) is 6.10 Å². The summed E-state index contributed by atoms with van der Waals surface area (Å²) in [5.41, 5.74) is 3.94. The summed E-state index contributed by atoms with van der Waals surface area (Å²) >= 11 is 0. The molecule has 0 aromatic heterocycles. The molecule has 2 unspecified atom stereocenters. The van der Waals surface area contributed by atoms with Gasteiger partial charge in [-0.15, -0.1) is 0 Å². The van der Waals surface area contributed by atoms with Gasteiger partial charge < -0.3 is 5.11 Å². The van der Waals surface area contributed by atoms with Crippen LogP contribution in [0.15, 0.2) is 18.2 Å². The quantitative estimate of drug-likeness (QED) is 0.780. The van der Waals surface area contributed by atoms with E-state index in [0.29, 0.717) is 5.92 Å². The van der Waals surface area contributed by atoms with Gasteiger partial charge in [-0.25, -0.2) is 0 Å². The van der Waals surface area contributed by atoms with Crippen LogP contribution in [0.1, 0.15) is 30.5 Å². The summed E-state index contributed by atoms with van der Waals surface area (Å²) < 4.78 is 0. The zero-order valence-corrected chi connectivity index (χ0v) is 9.54. The molecule has 0 aliphatic rings. The Morgan fingerprint density at radius 3 is 2.00 bits per heavy atom. The second kappa shape index (κ2) is 4.61. The minimum absolute atomic E-state index is 0.226. The van der Waals surface area contributed by atoms with Crippen molar-refractivity contribution in [1.82, 2.24) is 0 Å². The Kier molecular flexibility index (Phi) is 3.70. The maximum atomic E-state index is 9.42. The molecule has 0 saturated heterocycles. The van der Waals surface area contributed by atoms with E-state index in [1.807, 2.05) is 6.92 Å². The summed E-state index contributed by atoms with van der Waals surface area (Å²) in [5.74, 6) is 0.330. The first-order valence-electron chi connectivity index (χ1n) is 5.24. The summed E-state index contributed by atoms with van der Waals surface area (Å²) in [4.78, 5) is 0. The van der Waals surface area contributed by atoms with Crippen molar-refractivity contribution < 1.29 is 5.11 Å². The molecule has 0 heterocycles. The van der Waals surface area contributed by atoms with Gasteiger partial charge in [0.25, 0.3) is 0 Å². The average molecular weight is 192 g/mol. The lowest BCUT2D eigenvalue weighted by Crippen LogP contribution is -2.15. The molecule has 1 rings (SSSR count). The molecule has 0 aliphatic heterocycles. The highest BCUT2D eigenvalue weighted by Gasteiger charge is 2.09. The van der Waals surface area contributed by atoms with Crippen LogP contribution in [0.25, 0.3) is 0 Å². The molecular weight excluding hydrogens is 172 g/mol. The van der Waals surface area contributed by atoms with E-state index in [1.54, 1.807) is 0 Å². The van der Waals surface area contributed by atoms with Gasteiger partial charge in [-0.2, -0.15) is 0 Å². The monoisotopic (exact) mass is 192 g/mol. The van der Waals surface area contributed by atoms with Crippen LogP contribution in [0.2, 0.25) is 0 Å². The lowest BCUT2D eigenvalue weighted by Gasteiger charge is -2.15. The van der Waals surface area contributed by atoms with Gasteiger partial charge in [-0.05, 0) is 38.7 Å². The van der Waals surface area contributed by atoms with Crippen molar-refractivity contribution in [3.8, 4) is 0 Å². The number of aryl methyl sites for hydroxylation is 2. The van der Waals surface area contributed by atoms with Crippen LogP contribution in [0.5, 0.6) is 0 Å². The van der Waals surface area contributed by atoms with E-state index in [2.05, 4.69) is 39.0 Å². The third-order valence-electron chi connectivity index (χ3n) is 2.66. The van der Waals surface area contributed by atoms with Gasteiger partial charge in [-0.3, -0.25) is 0 Å². The third kappa shape index (κ3) is 3.15. The minimum Gasteiger partial charge on any atom is -0.393 e. The fourth-order valence-electron chi connectivity index (χ4n) is 1.73. The molecule has 0 radical (unpaired) electrons. The normalized spacial score (nSPS) is 15.2. The molecule has 0 spiro atoms. The molecule has 78 valence electrons. The molecule has 2 atom stereocenters. The second-order valence-electron chi connectivity index (χ2n) is 4.42. The van der Waals surface area contributed by atoms with Gasteiger partial charge in [0, 0.05) is 0 Å². The standard InChI is InChI=1S/C13H20O/c1-9-5-10(2)7-13(6-9)8-11(3)12(4)14/h5-7,11-12,14H,8H2,1-4H3. The van der Waals surface area contributed by atoms with Crippen molar-refractivity contribution in [3.63, 3.8) is 0 Å². The molecule has 1 heteroatoms. The molecule has 0 fully saturated rings. The van der Waals surface area contributed by atoms with Gasteiger partial charge >= 0.3 is 0 Å². The molecule has 1 N–H and O–H groups in total. The second-order valence-corrected chi connectivity index (χ2v) is 4.42. The molecule has 1 aromatic carbocycles. The first kappa shape index (κ1) is 11.3. The molecule has 0 aliphatic carbocycles. The minimum atomic E-state index is -0.226. The van der Waals surface area contributed by atoms with Gasteiger partial charge in [0.1, 0.15) is 0 Å². The van der Waals surface area contributed by atoms with Crippen molar-refractivity contribution in [2.75, 3.05) is 0 Å². The van der Waals surface area contributed by atoms with Crippen molar-refractivity contribution in [1.29, 1.82) is 0 Å². The lowest BCUT2D eigenvalue weighted by molar-refractivity contribution is 0.135. The van der Waals surface area contributed by atoms with Gasteiger partial charge in [-0.1, -0.05) is 36.2 Å². The van der Waals surface area contributed by atoms with Gasteiger partial charge in [0.15, 0.2) is 0 Å².